The smallest absolute Gasteiger partial charge is 0.184 e. The van der Waals surface area contributed by atoms with Crippen molar-refractivity contribution in [3.8, 4) is 0 Å². The molecule has 0 saturated heterocycles. The summed E-state index contributed by atoms with van der Waals surface area (Å²) in [7, 11) is 0. The zero-order chi connectivity index (χ0) is 14.0. The fourth-order valence-electron chi connectivity index (χ4n) is 2.55. The van der Waals surface area contributed by atoms with Crippen molar-refractivity contribution in [1.29, 1.82) is 0 Å². The van der Waals surface area contributed by atoms with Gasteiger partial charge in [0.1, 0.15) is 0 Å². The van der Waals surface area contributed by atoms with E-state index in [1.54, 1.807) is 0 Å². The second-order valence-electron chi connectivity index (χ2n) is 5.33. The number of benzene rings is 1. The van der Waals surface area contributed by atoms with Crippen LogP contribution in [-0.2, 0) is 6.54 Å². The number of carbonyl (C=O) groups excluding carboxylic acids is 1. The summed E-state index contributed by atoms with van der Waals surface area (Å²) in [6.07, 6.45) is 1.98. The van der Waals surface area contributed by atoms with Gasteiger partial charge in [0.25, 0.3) is 0 Å². The Bertz CT molecular complexity index is 602. The lowest BCUT2D eigenvalue weighted by Gasteiger charge is -2.23. The Morgan fingerprint density at radius 1 is 1.25 bits per heavy atom. The van der Waals surface area contributed by atoms with Gasteiger partial charge in [-0.25, -0.2) is 0 Å². The molecule has 0 unspecified atom stereocenters. The molecule has 1 aromatic heterocycles. The maximum atomic E-state index is 12.7. The number of hydrogen-bond acceptors (Lipinski definition) is 2. The lowest BCUT2D eigenvalue weighted by atomic mass is 9.93. The molecule has 1 N–H and O–H groups in total. The van der Waals surface area contributed by atoms with E-state index >= 15 is 0 Å². The van der Waals surface area contributed by atoms with Crippen LogP contribution >= 0.6 is 12.4 Å². The predicted molar refractivity (Wildman–Crippen MR) is 86.9 cm³/mol. The van der Waals surface area contributed by atoms with Crippen LogP contribution < -0.4 is 5.32 Å². The average Bonchev–Trinajstić information content (AvgIpc) is 2.76. The largest absolute Gasteiger partial charge is 0.347 e. The first-order valence-corrected chi connectivity index (χ1v) is 6.89. The highest BCUT2D eigenvalue weighted by Crippen LogP contribution is 2.25. The van der Waals surface area contributed by atoms with Crippen LogP contribution in [0, 0.1) is 0 Å². The number of Topliss-reactive ketones (excluding diaryl/α,β-unsaturated/α-hetero) is 1. The summed E-state index contributed by atoms with van der Waals surface area (Å²) in [4.78, 5) is 12.7. The third-order valence-electron chi connectivity index (χ3n) is 3.56. The molecule has 0 amide bonds. The van der Waals surface area contributed by atoms with Gasteiger partial charge >= 0.3 is 0 Å². The zero-order valence-electron chi connectivity index (χ0n) is 12.6. The fraction of sp³-hybridized carbons (Fsp3) is 0.438. The number of carbonyl (C=O) groups is 1. The SMILES string of the molecule is CCNC(C)(C)C(=O)c1cn(CC)c2ccccc12.Cl. The molecule has 0 fully saturated rings. The molecule has 4 heteroatoms. The molecular formula is C16H23ClN2O. The molecule has 0 aliphatic heterocycles. The van der Waals surface area contributed by atoms with Crippen molar-refractivity contribution in [1.82, 2.24) is 9.88 Å². The number of nitrogens with zero attached hydrogens (tertiary/aromatic N) is 1. The summed E-state index contributed by atoms with van der Waals surface area (Å²) >= 11 is 0. The Morgan fingerprint density at radius 2 is 1.90 bits per heavy atom. The molecule has 0 bridgehead atoms. The first-order valence-electron chi connectivity index (χ1n) is 6.89. The van der Waals surface area contributed by atoms with E-state index in [0.717, 1.165) is 29.6 Å². The Labute approximate surface area is 126 Å². The van der Waals surface area contributed by atoms with Crippen LogP contribution in [0.2, 0.25) is 0 Å². The minimum atomic E-state index is -0.530. The highest BCUT2D eigenvalue weighted by atomic mass is 35.5. The lowest BCUT2D eigenvalue weighted by Crippen LogP contribution is -2.46. The Morgan fingerprint density at radius 3 is 2.50 bits per heavy atom. The summed E-state index contributed by atoms with van der Waals surface area (Å²) in [5.74, 6) is 0.151. The summed E-state index contributed by atoms with van der Waals surface area (Å²) < 4.78 is 2.13. The summed E-state index contributed by atoms with van der Waals surface area (Å²) in [5.41, 5.74) is 1.40. The number of likely N-dealkylation sites (N-methyl/N-ethyl adjacent to an activating group) is 1. The molecule has 0 spiro atoms. The third kappa shape index (κ3) is 2.89. The molecule has 1 aromatic carbocycles. The van der Waals surface area contributed by atoms with E-state index in [2.05, 4.69) is 22.9 Å². The number of hydrogen-bond donors (Lipinski definition) is 1. The van der Waals surface area contributed by atoms with Crippen molar-refractivity contribution in [2.45, 2.75) is 39.8 Å². The molecule has 0 radical (unpaired) electrons. The van der Waals surface area contributed by atoms with Crippen molar-refractivity contribution in [2.24, 2.45) is 0 Å². The quantitative estimate of drug-likeness (QED) is 0.854. The molecule has 3 nitrogen and oxygen atoms in total. The number of ketones is 1. The standard InChI is InChI=1S/C16H22N2O.ClH/c1-5-17-16(3,4)15(19)13-11-18(6-2)14-10-8-7-9-12(13)14;/h7-11,17H,5-6H2,1-4H3;1H. The third-order valence-corrected chi connectivity index (χ3v) is 3.56. The van der Waals surface area contributed by atoms with Gasteiger partial charge in [0.05, 0.1) is 5.54 Å². The van der Waals surface area contributed by atoms with E-state index < -0.39 is 5.54 Å². The van der Waals surface area contributed by atoms with Crippen LogP contribution in [0.1, 0.15) is 38.1 Å². The molecule has 0 atom stereocenters. The number of para-hydroxylation sites is 1. The fourth-order valence-corrected chi connectivity index (χ4v) is 2.55. The van der Waals surface area contributed by atoms with Gasteiger partial charge in [-0.2, -0.15) is 0 Å². The van der Waals surface area contributed by atoms with E-state index in [-0.39, 0.29) is 18.2 Å². The maximum Gasteiger partial charge on any atom is 0.184 e. The topological polar surface area (TPSA) is 34.0 Å². The first-order chi connectivity index (χ1) is 9.01. The Kier molecular flexibility index (Phi) is 5.37. The van der Waals surface area contributed by atoms with E-state index in [1.807, 2.05) is 45.2 Å². The number of fused-ring (bicyclic) bond motifs is 1. The number of aryl methyl sites for hydroxylation is 1. The van der Waals surface area contributed by atoms with Gasteiger partial charge in [0, 0.05) is 29.2 Å². The van der Waals surface area contributed by atoms with Gasteiger partial charge in [-0.15, -0.1) is 12.4 Å². The normalized spacial score (nSPS) is 11.4. The molecule has 20 heavy (non-hydrogen) atoms. The summed E-state index contributed by atoms with van der Waals surface area (Å²) in [5, 5.41) is 4.30. The van der Waals surface area contributed by atoms with Gasteiger partial charge in [-0.1, -0.05) is 25.1 Å². The van der Waals surface area contributed by atoms with Crippen molar-refractivity contribution in [3.63, 3.8) is 0 Å². The summed E-state index contributed by atoms with van der Waals surface area (Å²) in [6, 6.07) is 8.09. The van der Waals surface area contributed by atoms with Crippen molar-refractivity contribution >= 4 is 29.1 Å². The molecule has 0 aliphatic rings. The Balaban J connectivity index is 0.00000200. The van der Waals surface area contributed by atoms with Crippen LogP contribution in [0.5, 0.6) is 0 Å². The van der Waals surface area contributed by atoms with Crippen molar-refractivity contribution < 1.29 is 4.79 Å². The highest BCUT2D eigenvalue weighted by Gasteiger charge is 2.29. The van der Waals surface area contributed by atoms with Crippen molar-refractivity contribution in [3.05, 3.63) is 36.0 Å². The minimum absolute atomic E-state index is 0. The Hall–Kier alpha value is -1.32. The zero-order valence-corrected chi connectivity index (χ0v) is 13.4. The molecular weight excluding hydrogens is 272 g/mol. The highest BCUT2D eigenvalue weighted by molar-refractivity contribution is 6.12. The molecule has 2 aromatic rings. The van der Waals surface area contributed by atoms with Crippen molar-refractivity contribution in [2.75, 3.05) is 6.54 Å². The van der Waals surface area contributed by atoms with Crippen LogP contribution in [0.3, 0.4) is 0 Å². The number of halogens is 1. The molecule has 2 rings (SSSR count). The van der Waals surface area contributed by atoms with E-state index in [0.29, 0.717) is 0 Å². The van der Waals surface area contributed by atoms with Crippen LogP contribution in [0.15, 0.2) is 30.5 Å². The number of rotatable bonds is 5. The van der Waals surface area contributed by atoms with Gasteiger partial charge in [-0.05, 0) is 33.4 Å². The molecule has 1 heterocycles. The van der Waals surface area contributed by atoms with Gasteiger partial charge in [0.2, 0.25) is 0 Å². The monoisotopic (exact) mass is 294 g/mol. The van der Waals surface area contributed by atoms with E-state index in [4.69, 9.17) is 0 Å². The van der Waals surface area contributed by atoms with Gasteiger partial charge < -0.3 is 9.88 Å². The van der Waals surface area contributed by atoms with E-state index in [9.17, 15) is 4.79 Å². The molecule has 110 valence electrons. The number of nitrogens with one attached hydrogen (secondary N) is 1. The van der Waals surface area contributed by atoms with Crippen LogP contribution in [0.4, 0.5) is 0 Å². The summed E-state index contributed by atoms with van der Waals surface area (Å²) in [6.45, 7) is 9.65. The van der Waals surface area contributed by atoms with Gasteiger partial charge in [0.15, 0.2) is 5.78 Å². The second-order valence-corrected chi connectivity index (χ2v) is 5.33. The lowest BCUT2D eigenvalue weighted by molar-refractivity contribution is 0.0885. The minimum Gasteiger partial charge on any atom is -0.347 e. The first kappa shape index (κ1) is 16.7. The van der Waals surface area contributed by atoms with Gasteiger partial charge in [-0.3, -0.25) is 4.79 Å². The molecule has 0 aliphatic carbocycles. The van der Waals surface area contributed by atoms with E-state index in [1.165, 1.54) is 0 Å². The maximum absolute atomic E-state index is 12.7. The number of aromatic nitrogens is 1. The molecule has 0 saturated carbocycles. The van der Waals surface area contributed by atoms with Crippen LogP contribution in [-0.4, -0.2) is 22.4 Å². The predicted octanol–water partition coefficient (Wildman–Crippen LogP) is 3.65. The average molecular weight is 295 g/mol. The second kappa shape index (κ2) is 6.42. The van der Waals surface area contributed by atoms with Crippen LogP contribution in [0.25, 0.3) is 10.9 Å².